The van der Waals surface area contributed by atoms with Gasteiger partial charge >= 0.3 is 5.97 Å². The second-order valence-electron chi connectivity index (χ2n) is 12.1. The fourth-order valence-electron chi connectivity index (χ4n) is 6.31. The summed E-state index contributed by atoms with van der Waals surface area (Å²) < 4.78 is 5.60. The SMILES string of the molecule is CC(O)C1C(=O)N2C(C(=O)O)=C(SC3CNC(C(=O)NCCCCCC(=O)NCCOCCCCc4cccnc4)C3)C(C)C12. The number of nitrogens with one attached hydrogen (secondary N) is 3. The standard InChI is InChI=1S/C32H47N5O7S/c1-20-27-26(21(2)38)31(41)37(27)28(32(42)43)29(20)45-23-17-24(36-19-23)30(40)35-13-6-3-4-11-25(39)34-14-16-44-15-7-5-9-22-10-8-12-33-18-22/h8,10,12,18,20-21,23-24,26-27,36,38H,3-7,9,11,13-17,19H2,1-2H3,(H,34,39)(H,35,40)(H,42,43). The number of amides is 3. The van der Waals surface area contributed by atoms with Gasteiger partial charge in [-0.15, -0.1) is 11.8 Å². The maximum Gasteiger partial charge on any atom is 0.353 e. The van der Waals surface area contributed by atoms with E-state index >= 15 is 0 Å². The van der Waals surface area contributed by atoms with Crippen LogP contribution in [0, 0.1) is 11.8 Å². The molecule has 0 aromatic carbocycles. The van der Waals surface area contributed by atoms with Crippen molar-refractivity contribution in [1.82, 2.24) is 25.8 Å². The quantitative estimate of drug-likeness (QED) is 0.111. The number of fused-ring (bicyclic) bond motifs is 1. The average molecular weight is 646 g/mol. The molecule has 12 nitrogen and oxygen atoms in total. The summed E-state index contributed by atoms with van der Waals surface area (Å²) >= 11 is 1.42. The van der Waals surface area contributed by atoms with Crippen LogP contribution in [0.15, 0.2) is 35.1 Å². The van der Waals surface area contributed by atoms with Crippen molar-refractivity contribution in [3.63, 3.8) is 0 Å². The van der Waals surface area contributed by atoms with Crippen molar-refractivity contribution < 1.29 is 34.1 Å². The van der Waals surface area contributed by atoms with Gasteiger partial charge in [0.05, 0.1) is 30.7 Å². The summed E-state index contributed by atoms with van der Waals surface area (Å²) in [5, 5.41) is 29.0. The molecule has 2 fully saturated rings. The van der Waals surface area contributed by atoms with Crippen molar-refractivity contribution in [1.29, 1.82) is 0 Å². The van der Waals surface area contributed by atoms with Gasteiger partial charge in [-0.3, -0.25) is 19.4 Å². The van der Waals surface area contributed by atoms with Crippen LogP contribution in [-0.4, -0.2) is 100 Å². The number of carbonyl (C=O) groups is 4. The molecule has 13 heteroatoms. The maximum atomic E-state index is 12.7. The Kier molecular flexibility index (Phi) is 13.2. The minimum atomic E-state index is -1.14. The molecule has 45 heavy (non-hydrogen) atoms. The number of carbonyl (C=O) groups excluding carboxylic acids is 3. The molecule has 3 aliphatic rings. The number of aliphatic carboxylic acids is 1. The van der Waals surface area contributed by atoms with Crippen LogP contribution in [0.3, 0.4) is 0 Å². The monoisotopic (exact) mass is 645 g/mol. The molecule has 0 saturated carbocycles. The Hall–Kier alpha value is -3.00. The van der Waals surface area contributed by atoms with Crippen LogP contribution in [0.5, 0.6) is 0 Å². The molecule has 0 radical (unpaired) electrons. The van der Waals surface area contributed by atoms with Crippen molar-refractivity contribution in [3.8, 4) is 0 Å². The van der Waals surface area contributed by atoms with Crippen LogP contribution in [0.1, 0.15) is 64.4 Å². The Morgan fingerprint density at radius 2 is 1.98 bits per heavy atom. The first-order valence-corrected chi connectivity index (χ1v) is 17.0. The van der Waals surface area contributed by atoms with Crippen LogP contribution in [-0.2, 0) is 30.3 Å². The van der Waals surface area contributed by atoms with Crippen LogP contribution >= 0.6 is 11.8 Å². The summed E-state index contributed by atoms with van der Waals surface area (Å²) in [5.74, 6) is -2.36. The second-order valence-corrected chi connectivity index (χ2v) is 13.4. The molecule has 6 atom stereocenters. The van der Waals surface area contributed by atoms with Crippen LogP contribution < -0.4 is 16.0 Å². The number of thioether (sulfide) groups is 1. The smallest absolute Gasteiger partial charge is 0.353 e. The minimum Gasteiger partial charge on any atom is -0.477 e. The molecule has 3 amide bonds. The van der Waals surface area contributed by atoms with E-state index in [1.807, 2.05) is 19.2 Å². The molecular weight excluding hydrogens is 598 g/mol. The van der Waals surface area contributed by atoms with E-state index in [2.05, 4.69) is 27.0 Å². The van der Waals surface area contributed by atoms with Gasteiger partial charge in [0.25, 0.3) is 0 Å². The molecule has 1 aromatic heterocycles. The van der Waals surface area contributed by atoms with Gasteiger partial charge in [0.2, 0.25) is 17.7 Å². The average Bonchev–Trinajstić information content (AvgIpc) is 3.57. The third-order valence-electron chi connectivity index (χ3n) is 8.69. The van der Waals surface area contributed by atoms with E-state index in [4.69, 9.17) is 4.74 Å². The number of aryl methyl sites for hydroxylation is 1. The largest absolute Gasteiger partial charge is 0.477 e. The van der Waals surface area contributed by atoms with E-state index in [1.54, 1.807) is 13.1 Å². The second kappa shape index (κ2) is 17.1. The summed E-state index contributed by atoms with van der Waals surface area (Å²) in [7, 11) is 0. The molecule has 3 aliphatic heterocycles. The highest BCUT2D eigenvalue weighted by Crippen LogP contribution is 2.51. The number of rotatable bonds is 19. The molecule has 0 bridgehead atoms. The van der Waals surface area contributed by atoms with E-state index < -0.39 is 18.0 Å². The molecular formula is C32H47N5O7S. The number of carboxylic acid groups (broad SMARTS) is 1. The van der Waals surface area contributed by atoms with Crippen molar-refractivity contribution in [3.05, 3.63) is 40.7 Å². The van der Waals surface area contributed by atoms with E-state index in [0.717, 1.165) is 38.5 Å². The Bertz CT molecular complexity index is 1210. The number of pyridine rings is 1. The number of aliphatic hydroxyl groups excluding tert-OH is 1. The Balaban J connectivity index is 1.03. The number of ether oxygens (including phenoxy) is 1. The number of nitrogens with zero attached hydrogens (tertiary/aromatic N) is 2. The topological polar surface area (TPSA) is 170 Å². The van der Waals surface area contributed by atoms with Crippen LogP contribution in [0.2, 0.25) is 0 Å². The first-order valence-electron chi connectivity index (χ1n) is 16.1. The third kappa shape index (κ3) is 9.27. The van der Waals surface area contributed by atoms with E-state index in [-0.39, 0.29) is 46.7 Å². The molecule has 0 spiro atoms. The molecule has 1 aromatic rings. The number of aliphatic hydroxyl groups is 1. The number of carboxylic acids is 1. The Morgan fingerprint density at radius 3 is 2.71 bits per heavy atom. The maximum absolute atomic E-state index is 12.7. The zero-order valence-corrected chi connectivity index (χ0v) is 27.0. The zero-order chi connectivity index (χ0) is 32.3. The predicted molar refractivity (Wildman–Crippen MR) is 170 cm³/mol. The normalized spacial score (nSPS) is 24.7. The summed E-state index contributed by atoms with van der Waals surface area (Å²) in [6, 6.07) is 3.30. The molecule has 0 aliphatic carbocycles. The zero-order valence-electron chi connectivity index (χ0n) is 26.2. The van der Waals surface area contributed by atoms with E-state index in [9.17, 15) is 29.4 Å². The summed E-state index contributed by atoms with van der Waals surface area (Å²) in [6.07, 6.45) is 9.14. The van der Waals surface area contributed by atoms with Gasteiger partial charge in [0.15, 0.2) is 0 Å². The van der Waals surface area contributed by atoms with Gasteiger partial charge in [-0.2, -0.15) is 0 Å². The van der Waals surface area contributed by atoms with Crippen molar-refractivity contribution in [2.24, 2.45) is 11.8 Å². The molecule has 5 N–H and O–H groups in total. The van der Waals surface area contributed by atoms with Crippen molar-refractivity contribution in [2.75, 3.05) is 32.8 Å². The lowest BCUT2D eigenvalue weighted by Gasteiger charge is -2.46. The summed E-state index contributed by atoms with van der Waals surface area (Å²) in [6.45, 7) is 6.21. The molecule has 248 valence electrons. The van der Waals surface area contributed by atoms with Crippen molar-refractivity contribution >= 4 is 35.5 Å². The number of unbranched alkanes of at least 4 members (excludes halogenated alkanes) is 3. The first kappa shape index (κ1) is 34.9. The fraction of sp³-hybridized carbons (Fsp3) is 0.656. The van der Waals surface area contributed by atoms with Crippen LogP contribution in [0.25, 0.3) is 0 Å². The van der Waals surface area contributed by atoms with Gasteiger partial charge in [0.1, 0.15) is 5.70 Å². The third-order valence-corrected chi connectivity index (χ3v) is 10.2. The molecule has 4 heterocycles. The van der Waals surface area contributed by atoms with Gasteiger partial charge in [-0.1, -0.05) is 19.4 Å². The van der Waals surface area contributed by atoms with Gasteiger partial charge in [-0.05, 0) is 57.1 Å². The highest BCUT2D eigenvalue weighted by atomic mass is 32.2. The lowest BCUT2D eigenvalue weighted by molar-refractivity contribution is -0.163. The van der Waals surface area contributed by atoms with Gasteiger partial charge < -0.3 is 35.8 Å². The number of hydrogen-bond donors (Lipinski definition) is 5. The highest BCUT2D eigenvalue weighted by Gasteiger charge is 2.60. The molecule has 6 unspecified atom stereocenters. The Labute approximate surface area is 269 Å². The van der Waals surface area contributed by atoms with E-state index in [1.165, 1.54) is 22.2 Å². The summed E-state index contributed by atoms with van der Waals surface area (Å²) in [4.78, 5) is 55.5. The Morgan fingerprint density at radius 1 is 1.16 bits per heavy atom. The fourth-order valence-corrected chi connectivity index (χ4v) is 7.78. The van der Waals surface area contributed by atoms with E-state index in [0.29, 0.717) is 50.6 Å². The molecule has 4 rings (SSSR count). The van der Waals surface area contributed by atoms with Crippen LogP contribution in [0.4, 0.5) is 0 Å². The lowest BCUT2D eigenvalue weighted by atomic mass is 9.79. The number of hydrogen-bond acceptors (Lipinski definition) is 9. The molecule has 2 saturated heterocycles. The number of aromatic nitrogens is 1. The number of β-lactam (4-membered cyclic amide) rings is 1. The first-order chi connectivity index (χ1) is 21.7. The predicted octanol–water partition coefficient (Wildman–Crippen LogP) is 1.83. The van der Waals surface area contributed by atoms with Gasteiger partial charge in [0, 0.05) is 61.1 Å². The minimum absolute atomic E-state index is 0.00577. The lowest BCUT2D eigenvalue weighted by Crippen LogP contribution is -2.63. The summed E-state index contributed by atoms with van der Waals surface area (Å²) in [5.41, 5.74) is 1.24. The highest BCUT2D eigenvalue weighted by molar-refractivity contribution is 8.03. The van der Waals surface area contributed by atoms with Gasteiger partial charge in [-0.25, -0.2) is 4.79 Å². The van der Waals surface area contributed by atoms with Crippen molar-refractivity contribution in [2.45, 2.75) is 88.7 Å².